The molecule has 1 heterocycles. The summed E-state index contributed by atoms with van der Waals surface area (Å²) in [5.74, 6) is 1.14. The maximum Gasteiger partial charge on any atom is 0.200 e. The maximum absolute atomic E-state index is 12.6. The van der Waals surface area contributed by atoms with Gasteiger partial charge in [-0.25, -0.2) is 0 Å². The second-order valence-electron chi connectivity index (χ2n) is 4.59. The molecule has 1 aromatic heterocycles. The summed E-state index contributed by atoms with van der Waals surface area (Å²) in [5.41, 5.74) is 0.943. The van der Waals surface area contributed by atoms with Crippen molar-refractivity contribution in [2.24, 2.45) is 0 Å². The van der Waals surface area contributed by atoms with E-state index in [2.05, 4.69) is 0 Å². The molecule has 0 bridgehead atoms. The van der Waals surface area contributed by atoms with E-state index in [4.69, 9.17) is 13.9 Å². The van der Waals surface area contributed by atoms with Gasteiger partial charge in [0, 0.05) is 6.07 Å². The van der Waals surface area contributed by atoms with Crippen LogP contribution in [0.2, 0.25) is 0 Å². The minimum Gasteiger partial charge on any atom is -0.494 e. The Bertz CT molecular complexity index is 848. The number of hydrogen-bond donors (Lipinski definition) is 0. The van der Waals surface area contributed by atoms with Gasteiger partial charge < -0.3 is 13.9 Å². The van der Waals surface area contributed by atoms with Crippen molar-refractivity contribution in [2.45, 2.75) is 13.8 Å². The van der Waals surface area contributed by atoms with Gasteiger partial charge in [-0.3, -0.25) is 4.79 Å². The van der Waals surface area contributed by atoms with Crippen molar-refractivity contribution >= 4 is 21.9 Å². The molecule has 4 heteroatoms. The van der Waals surface area contributed by atoms with Crippen LogP contribution in [0.4, 0.5) is 0 Å². The Labute approximate surface area is 121 Å². The van der Waals surface area contributed by atoms with Gasteiger partial charge in [-0.1, -0.05) is 12.1 Å². The van der Waals surface area contributed by atoms with Gasteiger partial charge in [0.2, 0.25) is 5.43 Å². The predicted molar refractivity (Wildman–Crippen MR) is 82.3 cm³/mol. The first-order chi connectivity index (χ1) is 10.2. The van der Waals surface area contributed by atoms with Crippen LogP contribution in [-0.2, 0) is 0 Å². The smallest absolute Gasteiger partial charge is 0.200 e. The van der Waals surface area contributed by atoms with Crippen LogP contribution >= 0.6 is 0 Å². The molecule has 0 saturated heterocycles. The van der Waals surface area contributed by atoms with E-state index in [1.807, 2.05) is 26.0 Å². The van der Waals surface area contributed by atoms with Crippen molar-refractivity contribution in [1.82, 2.24) is 0 Å². The van der Waals surface area contributed by atoms with Gasteiger partial charge >= 0.3 is 0 Å². The van der Waals surface area contributed by atoms with E-state index < -0.39 is 0 Å². The summed E-state index contributed by atoms with van der Waals surface area (Å²) in [5, 5.41) is 1.03. The Balaban J connectivity index is 2.40. The van der Waals surface area contributed by atoms with Gasteiger partial charge in [0.25, 0.3) is 0 Å². The fourth-order valence-corrected chi connectivity index (χ4v) is 2.36. The Morgan fingerprint density at radius 1 is 1.00 bits per heavy atom. The minimum absolute atomic E-state index is 0.0747. The summed E-state index contributed by atoms with van der Waals surface area (Å²) < 4.78 is 17.0. The van der Waals surface area contributed by atoms with Gasteiger partial charge in [-0.05, 0) is 32.0 Å². The molecule has 0 fully saturated rings. The first kappa shape index (κ1) is 13.5. The van der Waals surface area contributed by atoms with Gasteiger partial charge in [0.1, 0.15) is 11.3 Å². The number of rotatable bonds is 4. The average molecular weight is 284 g/mol. The Morgan fingerprint density at radius 3 is 2.52 bits per heavy atom. The van der Waals surface area contributed by atoms with Crippen LogP contribution in [-0.4, -0.2) is 13.2 Å². The van der Waals surface area contributed by atoms with E-state index in [9.17, 15) is 4.79 Å². The molecule has 2 aromatic carbocycles. The van der Waals surface area contributed by atoms with E-state index in [-0.39, 0.29) is 5.43 Å². The van der Waals surface area contributed by atoms with Crippen LogP contribution in [0.1, 0.15) is 13.8 Å². The van der Waals surface area contributed by atoms with Crippen LogP contribution in [0.15, 0.2) is 45.6 Å². The lowest BCUT2D eigenvalue weighted by Gasteiger charge is -2.10. The highest BCUT2D eigenvalue weighted by Gasteiger charge is 2.14. The number of para-hydroxylation sites is 1. The monoisotopic (exact) mass is 284 g/mol. The number of hydrogen-bond acceptors (Lipinski definition) is 4. The normalized spacial score (nSPS) is 11.0. The van der Waals surface area contributed by atoms with E-state index in [1.54, 1.807) is 24.3 Å². The Hall–Kier alpha value is -2.49. The van der Waals surface area contributed by atoms with Crippen LogP contribution in [0, 0.1) is 0 Å². The average Bonchev–Trinajstić information content (AvgIpc) is 2.49. The molecule has 0 aliphatic heterocycles. The number of benzene rings is 2. The highest BCUT2D eigenvalue weighted by molar-refractivity contribution is 5.93. The molecule has 0 atom stereocenters. The third kappa shape index (κ3) is 2.33. The summed E-state index contributed by atoms with van der Waals surface area (Å²) in [4.78, 5) is 12.6. The molecular weight excluding hydrogens is 268 g/mol. The number of fused-ring (bicyclic) bond motifs is 2. The lowest BCUT2D eigenvalue weighted by Crippen LogP contribution is -2.04. The zero-order chi connectivity index (χ0) is 14.8. The third-order valence-corrected chi connectivity index (χ3v) is 3.23. The molecule has 0 saturated carbocycles. The van der Waals surface area contributed by atoms with Crippen LogP contribution < -0.4 is 14.9 Å². The van der Waals surface area contributed by atoms with E-state index in [0.717, 1.165) is 0 Å². The maximum atomic E-state index is 12.6. The molecule has 0 unspecified atom stereocenters. The van der Waals surface area contributed by atoms with Crippen molar-refractivity contribution in [2.75, 3.05) is 13.2 Å². The lowest BCUT2D eigenvalue weighted by atomic mass is 10.1. The highest BCUT2D eigenvalue weighted by atomic mass is 16.5. The van der Waals surface area contributed by atoms with E-state index in [0.29, 0.717) is 46.7 Å². The molecule has 3 aromatic rings. The zero-order valence-electron chi connectivity index (χ0n) is 12.0. The summed E-state index contributed by atoms with van der Waals surface area (Å²) in [6.45, 7) is 4.79. The van der Waals surface area contributed by atoms with Crippen molar-refractivity contribution in [3.8, 4) is 11.5 Å². The Kier molecular flexibility index (Phi) is 3.52. The summed E-state index contributed by atoms with van der Waals surface area (Å²) in [7, 11) is 0. The fraction of sp³-hybridized carbons (Fsp3) is 0.235. The van der Waals surface area contributed by atoms with Crippen molar-refractivity contribution in [3.05, 3.63) is 46.6 Å². The standard InChI is InChI=1S/C17H16O4/c1-3-19-11-9-13-16(18)12-7-5-6-8-14(12)21-17(13)15(10-11)20-4-2/h5-10H,3-4H2,1-2H3. The second-order valence-corrected chi connectivity index (χ2v) is 4.59. The van der Waals surface area contributed by atoms with Crippen molar-refractivity contribution in [1.29, 1.82) is 0 Å². The fourth-order valence-electron chi connectivity index (χ4n) is 2.36. The first-order valence-corrected chi connectivity index (χ1v) is 6.99. The van der Waals surface area contributed by atoms with Crippen LogP contribution in [0.25, 0.3) is 21.9 Å². The SMILES string of the molecule is CCOc1cc(OCC)c2oc3ccccc3c(=O)c2c1. The minimum atomic E-state index is -0.0747. The highest BCUT2D eigenvalue weighted by Crippen LogP contribution is 2.32. The topological polar surface area (TPSA) is 48.7 Å². The Morgan fingerprint density at radius 2 is 1.76 bits per heavy atom. The number of ether oxygens (including phenoxy) is 2. The predicted octanol–water partition coefficient (Wildman–Crippen LogP) is 3.74. The molecule has 0 radical (unpaired) electrons. The molecule has 0 spiro atoms. The molecule has 108 valence electrons. The van der Waals surface area contributed by atoms with Gasteiger partial charge in [-0.15, -0.1) is 0 Å². The second kappa shape index (κ2) is 5.48. The molecule has 4 nitrogen and oxygen atoms in total. The third-order valence-electron chi connectivity index (χ3n) is 3.23. The van der Waals surface area contributed by atoms with Crippen LogP contribution in [0.5, 0.6) is 11.5 Å². The molecule has 0 aliphatic carbocycles. The quantitative estimate of drug-likeness (QED) is 0.685. The van der Waals surface area contributed by atoms with Gasteiger partial charge in [0.15, 0.2) is 11.3 Å². The van der Waals surface area contributed by atoms with Crippen LogP contribution in [0.3, 0.4) is 0 Å². The lowest BCUT2D eigenvalue weighted by molar-refractivity contribution is 0.323. The largest absolute Gasteiger partial charge is 0.494 e. The summed E-state index contributed by atoms with van der Waals surface area (Å²) >= 11 is 0. The van der Waals surface area contributed by atoms with Gasteiger partial charge in [-0.2, -0.15) is 0 Å². The molecule has 3 rings (SSSR count). The van der Waals surface area contributed by atoms with E-state index >= 15 is 0 Å². The molecule has 0 aliphatic rings. The first-order valence-electron chi connectivity index (χ1n) is 6.99. The summed E-state index contributed by atoms with van der Waals surface area (Å²) in [6, 6.07) is 10.7. The van der Waals surface area contributed by atoms with Crippen molar-refractivity contribution in [3.63, 3.8) is 0 Å². The zero-order valence-corrected chi connectivity index (χ0v) is 12.0. The molecule has 0 amide bonds. The van der Waals surface area contributed by atoms with E-state index in [1.165, 1.54) is 0 Å². The van der Waals surface area contributed by atoms with Gasteiger partial charge in [0.05, 0.1) is 24.0 Å². The molecular formula is C17H16O4. The summed E-state index contributed by atoms with van der Waals surface area (Å²) in [6.07, 6.45) is 0. The molecule has 0 N–H and O–H groups in total. The van der Waals surface area contributed by atoms with Crippen molar-refractivity contribution < 1.29 is 13.9 Å². The molecule has 21 heavy (non-hydrogen) atoms.